The second-order valence-electron chi connectivity index (χ2n) is 8.11. The van der Waals surface area contributed by atoms with Gasteiger partial charge in [0.05, 0.1) is 27.7 Å². The first kappa shape index (κ1) is 27.1. The van der Waals surface area contributed by atoms with E-state index < -0.39 is 6.10 Å². The summed E-state index contributed by atoms with van der Waals surface area (Å²) in [6.07, 6.45) is 19.4. The zero-order valence-electron chi connectivity index (χ0n) is 17.2. The van der Waals surface area contributed by atoms with E-state index in [-0.39, 0.29) is 25.1 Å². The van der Waals surface area contributed by atoms with E-state index in [9.17, 15) is 10.2 Å². The Balaban J connectivity index is 0. The number of hydrogen-bond donors (Lipinski definition) is 2. The Kier molecular flexibility index (Phi) is 18.8. The number of allylic oxidation sites excluding steroid dienone is 1. The Morgan fingerprint density at radius 1 is 0.800 bits per heavy atom. The van der Waals surface area contributed by atoms with E-state index in [0.29, 0.717) is 4.48 Å². The summed E-state index contributed by atoms with van der Waals surface area (Å²) < 4.78 is 0.570. The molecule has 0 aromatic carbocycles. The number of aliphatic hydroxyl groups is 2. The number of halogens is 1. The first-order valence-electron chi connectivity index (χ1n) is 10.2. The van der Waals surface area contributed by atoms with E-state index in [1.165, 1.54) is 70.6 Å². The number of nitrogens with zero attached hydrogens (tertiary/aromatic N) is 1. The van der Waals surface area contributed by atoms with Gasteiger partial charge in [0.2, 0.25) is 0 Å². The van der Waals surface area contributed by atoms with Crippen molar-refractivity contribution in [3.63, 3.8) is 0 Å². The van der Waals surface area contributed by atoms with Crippen LogP contribution in [0.25, 0.3) is 0 Å². The number of rotatable bonds is 16. The standard InChI is InChI=1S/C21H44NO2.ClH/c1-5-6-7-8-9-10-11-12-13-14-15-16-17-18-21(24)20(19-23)22(2,3)4;/h17-18,20-21,23-24H,5-16,19H2,1-4H3;1H/q+1;/p-1/b18-17+;/t20-,21+;/m0./s1. The van der Waals surface area contributed by atoms with Crippen LogP contribution in [0.1, 0.15) is 84.0 Å². The van der Waals surface area contributed by atoms with Gasteiger partial charge >= 0.3 is 0 Å². The number of hydrogen-bond acceptors (Lipinski definition) is 2. The number of aliphatic hydroxyl groups excluding tert-OH is 2. The molecule has 0 saturated heterocycles. The van der Waals surface area contributed by atoms with E-state index in [2.05, 4.69) is 13.0 Å². The van der Waals surface area contributed by atoms with Crippen molar-refractivity contribution in [2.75, 3.05) is 27.7 Å². The fourth-order valence-corrected chi connectivity index (χ4v) is 3.10. The van der Waals surface area contributed by atoms with Gasteiger partial charge in [0, 0.05) is 0 Å². The van der Waals surface area contributed by atoms with Crippen molar-refractivity contribution >= 4 is 0 Å². The first-order chi connectivity index (χ1) is 11.4. The highest BCUT2D eigenvalue weighted by atomic mass is 35.5. The monoisotopic (exact) mass is 377 g/mol. The maximum absolute atomic E-state index is 10.2. The predicted molar refractivity (Wildman–Crippen MR) is 105 cm³/mol. The predicted octanol–water partition coefficient (Wildman–Crippen LogP) is 1.68. The SMILES string of the molecule is CCCCCCCCCCCCC/C=C/[C@@H](O)[C@H](CO)[N+](C)(C)C.[Cl-]. The second kappa shape index (κ2) is 17.3. The molecular weight excluding hydrogens is 334 g/mol. The van der Waals surface area contributed by atoms with Crippen LogP contribution < -0.4 is 12.4 Å². The molecule has 2 atom stereocenters. The van der Waals surface area contributed by atoms with Crippen LogP contribution in [0.5, 0.6) is 0 Å². The molecule has 0 rings (SSSR count). The molecule has 0 bridgehead atoms. The van der Waals surface area contributed by atoms with Crippen LogP contribution >= 0.6 is 0 Å². The van der Waals surface area contributed by atoms with Gasteiger partial charge in [0.25, 0.3) is 0 Å². The molecule has 0 fully saturated rings. The largest absolute Gasteiger partial charge is 1.00 e. The normalized spacial score (nSPS) is 14.5. The third-order valence-corrected chi connectivity index (χ3v) is 4.88. The van der Waals surface area contributed by atoms with Gasteiger partial charge in [0.15, 0.2) is 0 Å². The summed E-state index contributed by atoms with van der Waals surface area (Å²) >= 11 is 0. The highest BCUT2D eigenvalue weighted by Crippen LogP contribution is 2.13. The minimum Gasteiger partial charge on any atom is -1.00 e. The van der Waals surface area contributed by atoms with Crippen molar-refractivity contribution in [2.24, 2.45) is 0 Å². The van der Waals surface area contributed by atoms with E-state index in [0.717, 1.165) is 6.42 Å². The summed E-state index contributed by atoms with van der Waals surface area (Å²) in [5.74, 6) is 0. The topological polar surface area (TPSA) is 40.5 Å². The lowest BCUT2D eigenvalue weighted by molar-refractivity contribution is -0.899. The van der Waals surface area contributed by atoms with Crippen molar-refractivity contribution in [1.82, 2.24) is 0 Å². The summed E-state index contributed by atoms with van der Waals surface area (Å²) in [6, 6.07) is -0.154. The lowest BCUT2D eigenvalue weighted by Crippen LogP contribution is -3.00. The van der Waals surface area contributed by atoms with Gasteiger partial charge in [-0.1, -0.05) is 83.3 Å². The molecule has 2 N–H and O–H groups in total. The molecule has 4 heteroatoms. The molecule has 3 nitrogen and oxygen atoms in total. The molecule has 0 aliphatic carbocycles. The molecule has 0 saturated carbocycles. The summed E-state index contributed by atoms with van der Waals surface area (Å²) in [6.45, 7) is 2.28. The third-order valence-electron chi connectivity index (χ3n) is 4.88. The highest BCUT2D eigenvalue weighted by molar-refractivity contribution is 4.92. The van der Waals surface area contributed by atoms with Gasteiger partial charge in [0.1, 0.15) is 12.1 Å². The molecule has 0 unspecified atom stereocenters. The molecule has 0 aromatic heterocycles. The van der Waals surface area contributed by atoms with Crippen molar-refractivity contribution < 1.29 is 27.1 Å². The molecule has 0 aliphatic rings. The molecule has 0 spiro atoms. The second-order valence-corrected chi connectivity index (χ2v) is 8.11. The van der Waals surface area contributed by atoms with Crippen LogP contribution in [-0.2, 0) is 0 Å². The molecule has 0 aromatic rings. The van der Waals surface area contributed by atoms with E-state index in [4.69, 9.17) is 0 Å². The smallest absolute Gasteiger partial charge is 0.142 e. The average molecular weight is 378 g/mol. The van der Waals surface area contributed by atoms with Gasteiger partial charge in [-0.2, -0.15) is 0 Å². The number of likely N-dealkylation sites (N-methyl/N-ethyl adjacent to an activating group) is 1. The fraction of sp³-hybridized carbons (Fsp3) is 0.905. The molecule has 0 aliphatic heterocycles. The van der Waals surface area contributed by atoms with Crippen LogP contribution in [-0.4, -0.2) is 54.6 Å². The lowest BCUT2D eigenvalue weighted by Gasteiger charge is -2.34. The molecule has 0 heterocycles. The summed E-state index contributed by atoms with van der Waals surface area (Å²) in [7, 11) is 6.01. The van der Waals surface area contributed by atoms with Crippen LogP contribution in [0.4, 0.5) is 0 Å². The van der Waals surface area contributed by atoms with Crippen LogP contribution in [0.15, 0.2) is 12.2 Å². The maximum Gasteiger partial charge on any atom is 0.142 e. The molecule has 0 amide bonds. The average Bonchev–Trinajstić information content (AvgIpc) is 2.51. The Morgan fingerprint density at radius 3 is 1.64 bits per heavy atom. The zero-order chi connectivity index (χ0) is 18.3. The van der Waals surface area contributed by atoms with Gasteiger partial charge in [-0.25, -0.2) is 0 Å². The van der Waals surface area contributed by atoms with Gasteiger partial charge in [-0.3, -0.25) is 0 Å². The van der Waals surface area contributed by atoms with Crippen molar-refractivity contribution in [2.45, 2.75) is 96.1 Å². The maximum atomic E-state index is 10.2. The minimum atomic E-state index is -0.567. The van der Waals surface area contributed by atoms with Crippen molar-refractivity contribution in [3.05, 3.63) is 12.2 Å². The Hall–Kier alpha value is -0.0900. The van der Waals surface area contributed by atoms with Gasteiger partial charge in [-0.05, 0) is 12.8 Å². The highest BCUT2D eigenvalue weighted by Gasteiger charge is 2.28. The lowest BCUT2D eigenvalue weighted by atomic mass is 10.0. The summed E-state index contributed by atoms with van der Waals surface area (Å²) in [5, 5.41) is 19.6. The van der Waals surface area contributed by atoms with Gasteiger partial charge < -0.3 is 27.1 Å². The van der Waals surface area contributed by atoms with Crippen LogP contribution in [0.2, 0.25) is 0 Å². The molecular formula is C21H44ClNO2. The third kappa shape index (κ3) is 15.9. The van der Waals surface area contributed by atoms with E-state index in [1.54, 1.807) is 0 Å². The number of quaternary nitrogens is 1. The summed E-state index contributed by atoms with van der Waals surface area (Å²) in [4.78, 5) is 0. The van der Waals surface area contributed by atoms with Crippen LogP contribution in [0, 0.1) is 0 Å². The zero-order valence-corrected chi connectivity index (χ0v) is 18.0. The quantitative estimate of drug-likeness (QED) is 0.244. The molecule has 152 valence electrons. The van der Waals surface area contributed by atoms with Crippen molar-refractivity contribution in [3.8, 4) is 0 Å². The minimum absolute atomic E-state index is 0. The Bertz CT molecular complexity index is 303. The Labute approximate surface area is 163 Å². The number of unbranched alkanes of at least 4 members (excludes halogenated alkanes) is 11. The van der Waals surface area contributed by atoms with Gasteiger partial charge in [-0.15, -0.1) is 0 Å². The molecule has 0 radical (unpaired) electrons. The van der Waals surface area contributed by atoms with Crippen LogP contribution in [0.3, 0.4) is 0 Å². The fourth-order valence-electron chi connectivity index (χ4n) is 3.10. The van der Waals surface area contributed by atoms with E-state index >= 15 is 0 Å². The summed E-state index contributed by atoms with van der Waals surface area (Å²) in [5.41, 5.74) is 0. The Morgan fingerprint density at radius 2 is 1.24 bits per heavy atom. The van der Waals surface area contributed by atoms with E-state index in [1.807, 2.05) is 27.2 Å². The molecule has 25 heavy (non-hydrogen) atoms. The first-order valence-corrected chi connectivity index (χ1v) is 10.2. The van der Waals surface area contributed by atoms with Crippen molar-refractivity contribution in [1.29, 1.82) is 0 Å².